The van der Waals surface area contributed by atoms with Crippen LogP contribution in [0.25, 0.3) is 10.9 Å². The van der Waals surface area contributed by atoms with Crippen LogP contribution in [0.3, 0.4) is 0 Å². The third-order valence-corrected chi connectivity index (χ3v) is 3.52. The molecule has 0 bridgehead atoms. The van der Waals surface area contributed by atoms with Crippen molar-refractivity contribution in [3.05, 3.63) is 65.6 Å². The molecule has 3 rings (SSSR count). The van der Waals surface area contributed by atoms with E-state index in [0.29, 0.717) is 12.2 Å². The van der Waals surface area contributed by atoms with Crippen LogP contribution in [-0.2, 0) is 6.54 Å². The first-order chi connectivity index (χ1) is 10.2. The minimum atomic E-state index is -0.270. The molecule has 3 nitrogen and oxygen atoms in total. The lowest BCUT2D eigenvalue weighted by atomic mass is 10.2. The molecule has 0 aliphatic carbocycles. The number of hydrogen-bond donors (Lipinski definition) is 0. The summed E-state index contributed by atoms with van der Waals surface area (Å²) in [5, 5.41) is 0.972. The molecular weight excluding hydrogens is 269 g/mol. The van der Waals surface area contributed by atoms with Crippen molar-refractivity contribution in [2.75, 3.05) is 7.11 Å². The van der Waals surface area contributed by atoms with Crippen molar-refractivity contribution in [1.82, 2.24) is 4.57 Å². The number of carbonyl (C=O) groups is 1. The van der Waals surface area contributed by atoms with Crippen LogP contribution in [0.5, 0.6) is 5.75 Å². The smallest absolute Gasteiger partial charge is 0.166 e. The maximum absolute atomic E-state index is 13.0. The number of fused-ring (bicyclic) bond motifs is 1. The number of halogens is 1. The van der Waals surface area contributed by atoms with Crippen LogP contribution in [0, 0.1) is 5.82 Å². The average Bonchev–Trinajstić information content (AvgIpc) is 2.86. The predicted octanol–water partition coefficient (Wildman–Crippen LogP) is 3.65. The highest BCUT2D eigenvalue weighted by molar-refractivity contribution is 5.89. The Morgan fingerprint density at radius 3 is 2.57 bits per heavy atom. The van der Waals surface area contributed by atoms with Crippen LogP contribution < -0.4 is 4.74 Å². The summed E-state index contributed by atoms with van der Waals surface area (Å²) in [6.07, 6.45) is 0.829. The van der Waals surface area contributed by atoms with E-state index >= 15 is 0 Å². The van der Waals surface area contributed by atoms with Crippen LogP contribution in [0.2, 0.25) is 0 Å². The van der Waals surface area contributed by atoms with E-state index < -0.39 is 0 Å². The summed E-state index contributed by atoms with van der Waals surface area (Å²) in [4.78, 5) is 11.3. The van der Waals surface area contributed by atoms with Gasteiger partial charge in [-0.3, -0.25) is 4.79 Å². The second kappa shape index (κ2) is 5.40. The molecule has 0 fully saturated rings. The lowest BCUT2D eigenvalue weighted by molar-refractivity contribution is 0.111. The molecular formula is C17H14FNO2. The number of benzene rings is 2. The number of ether oxygens (including phenoxy) is 1. The number of aldehydes is 1. The topological polar surface area (TPSA) is 31.2 Å². The quantitative estimate of drug-likeness (QED) is 0.684. The van der Waals surface area contributed by atoms with E-state index in [-0.39, 0.29) is 5.82 Å². The van der Waals surface area contributed by atoms with Crippen molar-refractivity contribution < 1.29 is 13.9 Å². The van der Waals surface area contributed by atoms with E-state index in [2.05, 4.69) is 0 Å². The van der Waals surface area contributed by atoms with Gasteiger partial charge in [-0.2, -0.15) is 0 Å². The molecule has 0 saturated carbocycles. The van der Waals surface area contributed by atoms with Gasteiger partial charge in [-0.15, -0.1) is 0 Å². The first-order valence-electron chi connectivity index (χ1n) is 6.58. The maximum Gasteiger partial charge on any atom is 0.166 e. The van der Waals surface area contributed by atoms with Crippen LogP contribution in [0.4, 0.5) is 4.39 Å². The Kier molecular flexibility index (Phi) is 3.44. The molecule has 3 aromatic rings. The lowest BCUT2D eigenvalue weighted by Crippen LogP contribution is -2.03. The van der Waals surface area contributed by atoms with Crippen LogP contribution in [0.15, 0.2) is 48.5 Å². The number of hydrogen-bond acceptors (Lipinski definition) is 2. The van der Waals surface area contributed by atoms with Gasteiger partial charge in [0, 0.05) is 18.0 Å². The molecule has 0 spiro atoms. The standard InChI is InChI=1S/C17H14FNO2/c1-21-16-7-4-13-8-15(11-20)19(17(13)9-16)10-12-2-5-14(18)6-3-12/h2-9,11H,10H2,1H3. The Balaban J connectivity index is 2.10. The van der Waals surface area contributed by atoms with E-state index in [1.807, 2.05) is 28.8 Å². The fourth-order valence-electron chi connectivity index (χ4n) is 2.43. The molecule has 106 valence electrons. The largest absolute Gasteiger partial charge is 0.497 e. The molecule has 21 heavy (non-hydrogen) atoms. The molecule has 2 aromatic carbocycles. The molecule has 0 aliphatic rings. The lowest BCUT2D eigenvalue weighted by Gasteiger charge is -2.09. The first kappa shape index (κ1) is 13.4. The maximum atomic E-state index is 13.0. The molecule has 0 radical (unpaired) electrons. The number of rotatable bonds is 4. The van der Waals surface area contributed by atoms with Gasteiger partial charge >= 0.3 is 0 Å². The summed E-state index contributed by atoms with van der Waals surface area (Å²) in [5.74, 6) is 0.465. The molecule has 0 N–H and O–H groups in total. The monoisotopic (exact) mass is 283 g/mol. The number of nitrogens with zero attached hydrogens (tertiary/aromatic N) is 1. The Labute approximate surface area is 121 Å². The molecule has 1 aromatic heterocycles. The molecule has 1 heterocycles. The zero-order chi connectivity index (χ0) is 14.8. The van der Waals surface area contributed by atoms with Crippen molar-refractivity contribution in [2.24, 2.45) is 0 Å². The minimum absolute atomic E-state index is 0.270. The zero-order valence-corrected chi connectivity index (χ0v) is 11.5. The number of aromatic nitrogens is 1. The van der Waals surface area contributed by atoms with Gasteiger partial charge in [-0.25, -0.2) is 4.39 Å². The summed E-state index contributed by atoms with van der Waals surface area (Å²) in [7, 11) is 1.61. The van der Waals surface area contributed by atoms with Crippen LogP contribution in [0.1, 0.15) is 16.1 Å². The third kappa shape index (κ3) is 2.52. The van der Waals surface area contributed by atoms with E-state index in [1.54, 1.807) is 19.2 Å². The van der Waals surface area contributed by atoms with Gasteiger partial charge < -0.3 is 9.30 Å². The molecule has 0 atom stereocenters. The van der Waals surface area contributed by atoms with Crippen molar-refractivity contribution in [3.63, 3.8) is 0 Å². The molecule has 0 amide bonds. The highest BCUT2D eigenvalue weighted by Crippen LogP contribution is 2.25. The van der Waals surface area contributed by atoms with Crippen molar-refractivity contribution in [2.45, 2.75) is 6.54 Å². The number of methoxy groups -OCH3 is 1. The summed E-state index contributed by atoms with van der Waals surface area (Å²) in [5.41, 5.74) is 2.43. The van der Waals surface area contributed by atoms with E-state index in [4.69, 9.17) is 4.74 Å². The highest BCUT2D eigenvalue weighted by atomic mass is 19.1. The minimum Gasteiger partial charge on any atom is -0.497 e. The van der Waals surface area contributed by atoms with E-state index in [9.17, 15) is 9.18 Å². The van der Waals surface area contributed by atoms with Crippen LogP contribution in [-0.4, -0.2) is 18.0 Å². The summed E-state index contributed by atoms with van der Waals surface area (Å²) in [6.45, 7) is 0.505. The normalized spacial score (nSPS) is 10.8. The average molecular weight is 283 g/mol. The summed E-state index contributed by atoms with van der Waals surface area (Å²) in [6, 6.07) is 13.8. The SMILES string of the molecule is COc1ccc2cc(C=O)n(Cc3ccc(F)cc3)c2c1. The van der Waals surface area contributed by atoms with Gasteiger partial charge in [0.2, 0.25) is 0 Å². The van der Waals surface area contributed by atoms with E-state index in [1.165, 1.54) is 12.1 Å². The molecule has 0 saturated heterocycles. The molecule has 0 unspecified atom stereocenters. The summed E-state index contributed by atoms with van der Waals surface area (Å²) < 4.78 is 20.1. The third-order valence-electron chi connectivity index (χ3n) is 3.52. The van der Waals surface area contributed by atoms with Gasteiger partial charge in [-0.05, 0) is 35.9 Å². The van der Waals surface area contributed by atoms with Crippen molar-refractivity contribution in [1.29, 1.82) is 0 Å². The molecule has 0 aliphatic heterocycles. The van der Waals surface area contributed by atoms with Gasteiger partial charge in [0.05, 0.1) is 18.3 Å². The zero-order valence-electron chi connectivity index (χ0n) is 11.5. The Morgan fingerprint density at radius 1 is 1.14 bits per heavy atom. The van der Waals surface area contributed by atoms with Gasteiger partial charge in [-0.1, -0.05) is 12.1 Å². The Hall–Kier alpha value is -2.62. The predicted molar refractivity (Wildman–Crippen MR) is 79.4 cm³/mol. The fourth-order valence-corrected chi connectivity index (χ4v) is 2.43. The van der Waals surface area contributed by atoms with Crippen LogP contribution >= 0.6 is 0 Å². The first-order valence-corrected chi connectivity index (χ1v) is 6.58. The fraction of sp³-hybridized carbons (Fsp3) is 0.118. The Morgan fingerprint density at radius 2 is 1.90 bits per heavy atom. The van der Waals surface area contributed by atoms with Gasteiger partial charge in [0.25, 0.3) is 0 Å². The summed E-state index contributed by atoms with van der Waals surface area (Å²) >= 11 is 0. The van der Waals surface area contributed by atoms with Crippen molar-refractivity contribution >= 4 is 17.2 Å². The van der Waals surface area contributed by atoms with E-state index in [0.717, 1.165) is 28.5 Å². The number of carbonyl (C=O) groups excluding carboxylic acids is 1. The second-order valence-electron chi connectivity index (χ2n) is 4.82. The molecule has 4 heteroatoms. The Bertz CT molecular complexity index is 790. The second-order valence-corrected chi connectivity index (χ2v) is 4.82. The van der Waals surface area contributed by atoms with Gasteiger partial charge in [0.1, 0.15) is 11.6 Å². The van der Waals surface area contributed by atoms with Crippen molar-refractivity contribution in [3.8, 4) is 5.75 Å². The highest BCUT2D eigenvalue weighted by Gasteiger charge is 2.10. The van der Waals surface area contributed by atoms with Gasteiger partial charge in [0.15, 0.2) is 6.29 Å².